The van der Waals surface area contributed by atoms with Crippen LogP contribution in [0.1, 0.15) is 11.1 Å². The second kappa shape index (κ2) is 7.65. The van der Waals surface area contributed by atoms with Crippen molar-refractivity contribution >= 4 is 24.0 Å². The Labute approximate surface area is 132 Å². The van der Waals surface area contributed by atoms with E-state index in [4.69, 9.17) is 11.6 Å². The van der Waals surface area contributed by atoms with Gasteiger partial charge in [0, 0.05) is 32.1 Å². The van der Waals surface area contributed by atoms with Crippen LogP contribution in [0.2, 0.25) is 5.02 Å². The van der Waals surface area contributed by atoms with Crippen LogP contribution < -0.4 is 10.6 Å². The molecule has 2 atom stereocenters. The second-order valence-corrected chi connectivity index (χ2v) is 5.34. The van der Waals surface area contributed by atoms with Crippen molar-refractivity contribution in [2.75, 3.05) is 19.6 Å². The Hall–Kier alpha value is -0.530. The van der Waals surface area contributed by atoms with E-state index in [9.17, 15) is 18.3 Å². The van der Waals surface area contributed by atoms with Gasteiger partial charge < -0.3 is 15.7 Å². The maximum atomic E-state index is 12.7. The van der Waals surface area contributed by atoms with Gasteiger partial charge in [-0.05, 0) is 17.7 Å². The van der Waals surface area contributed by atoms with Gasteiger partial charge in [-0.2, -0.15) is 13.2 Å². The number of benzene rings is 1. The quantitative estimate of drug-likeness (QED) is 0.786. The predicted octanol–water partition coefficient (Wildman–Crippen LogP) is 2.45. The first kappa shape index (κ1) is 18.5. The molecule has 0 spiro atoms. The number of aliphatic hydroxyl groups is 1. The van der Waals surface area contributed by atoms with Crippen molar-refractivity contribution in [1.82, 2.24) is 10.6 Å². The summed E-state index contributed by atoms with van der Waals surface area (Å²) in [5.41, 5.74) is -0.303. The third-order valence-electron chi connectivity index (χ3n) is 3.38. The molecule has 1 aliphatic heterocycles. The highest BCUT2D eigenvalue weighted by molar-refractivity contribution is 6.31. The van der Waals surface area contributed by atoms with Gasteiger partial charge >= 0.3 is 6.18 Å². The highest BCUT2D eigenvalue weighted by atomic mass is 35.5. The summed E-state index contributed by atoms with van der Waals surface area (Å²) < 4.78 is 38.1. The van der Waals surface area contributed by atoms with Crippen molar-refractivity contribution in [2.24, 2.45) is 5.92 Å². The van der Waals surface area contributed by atoms with Crippen molar-refractivity contribution in [3.05, 3.63) is 34.3 Å². The molecule has 1 heterocycles. The Morgan fingerprint density at radius 2 is 2.05 bits per heavy atom. The Morgan fingerprint density at radius 3 is 2.62 bits per heavy atom. The highest BCUT2D eigenvalue weighted by Crippen LogP contribution is 2.35. The lowest BCUT2D eigenvalue weighted by Gasteiger charge is -2.15. The summed E-state index contributed by atoms with van der Waals surface area (Å²) in [5.74, 6) is 0.0874. The van der Waals surface area contributed by atoms with Gasteiger partial charge in [-0.25, -0.2) is 0 Å². The van der Waals surface area contributed by atoms with Gasteiger partial charge in [-0.3, -0.25) is 0 Å². The molecule has 0 radical (unpaired) electrons. The topological polar surface area (TPSA) is 44.3 Å². The zero-order valence-corrected chi connectivity index (χ0v) is 12.7. The summed E-state index contributed by atoms with van der Waals surface area (Å²) in [5, 5.41) is 15.4. The van der Waals surface area contributed by atoms with Crippen LogP contribution in [0, 0.1) is 5.92 Å². The number of nitrogens with one attached hydrogen (secondary N) is 2. The zero-order chi connectivity index (χ0) is 14.8. The summed E-state index contributed by atoms with van der Waals surface area (Å²) >= 11 is 5.56. The maximum Gasteiger partial charge on any atom is 0.417 e. The normalized spacial score (nSPS) is 22.1. The van der Waals surface area contributed by atoms with Crippen LogP contribution in [0.25, 0.3) is 0 Å². The molecule has 1 aromatic rings. The molecule has 0 amide bonds. The Bertz CT molecular complexity index is 471. The van der Waals surface area contributed by atoms with E-state index in [0.717, 1.165) is 6.07 Å². The molecule has 2 unspecified atom stereocenters. The van der Waals surface area contributed by atoms with Gasteiger partial charge in [0.15, 0.2) is 0 Å². The fraction of sp³-hybridized carbons (Fsp3) is 0.538. The first-order valence-electron chi connectivity index (χ1n) is 6.33. The molecule has 1 fully saturated rings. The van der Waals surface area contributed by atoms with Crippen molar-refractivity contribution in [2.45, 2.75) is 18.8 Å². The fourth-order valence-corrected chi connectivity index (χ4v) is 2.45. The summed E-state index contributed by atoms with van der Waals surface area (Å²) in [6, 6.07) is 3.87. The monoisotopic (exact) mass is 344 g/mol. The average molecular weight is 345 g/mol. The standard InChI is InChI=1S/C13H16ClF3N2O.ClH/c14-11-2-1-8(3-10(11)13(15,16)17)4-18-5-9-6-19-7-12(9)20;/h1-3,9,12,18-20H,4-7H2;1H. The molecule has 3 N–H and O–H groups in total. The molecule has 1 saturated heterocycles. The van der Waals surface area contributed by atoms with Gasteiger partial charge in [-0.1, -0.05) is 17.7 Å². The van der Waals surface area contributed by atoms with E-state index in [-0.39, 0.29) is 23.3 Å². The van der Waals surface area contributed by atoms with E-state index >= 15 is 0 Å². The first-order valence-corrected chi connectivity index (χ1v) is 6.71. The van der Waals surface area contributed by atoms with E-state index in [1.165, 1.54) is 6.07 Å². The molecule has 8 heteroatoms. The molecule has 0 aliphatic carbocycles. The summed E-state index contributed by atoms with van der Waals surface area (Å²) in [6.07, 6.45) is -4.85. The Balaban J connectivity index is 0.00000220. The van der Waals surface area contributed by atoms with Gasteiger partial charge in [-0.15, -0.1) is 12.4 Å². The van der Waals surface area contributed by atoms with Crippen molar-refractivity contribution in [3.63, 3.8) is 0 Å². The molecule has 1 aliphatic rings. The third-order valence-corrected chi connectivity index (χ3v) is 3.71. The highest BCUT2D eigenvalue weighted by Gasteiger charge is 2.33. The molecule has 0 bridgehead atoms. The number of alkyl halides is 3. The minimum atomic E-state index is -4.45. The first-order chi connectivity index (χ1) is 9.38. The average Bonchev–Trinajstić information content (AvgIpc) is 2.76. The second-order valence-electron chi connectivity index (χ2n) is 4.93. The Kier molecular flexibility index (Phi) is 6.74. The third kappa shape index (κ3) is 5.00. The fourth-order valence-electron chi connectivity index (χ4n) is 2.23. The summed E-state index contributed by atoms with van der Waals surface area (Å²) in [4.78, 5) is 0. The zero-order valence-electron chi connectivity index (χ0n) is 11.1. The van der Waals surface area contributed by atoms with E-state index in [1.54, 1.807) is 6.07 Å². The predicted molar refractivity (Wildman–Crippen MR) is 77.8 cm³/mol. The molecule has 0 aromatic heterocycles. The summed E-state index contributed by atoms with van der Waals surface area (Å²) in [7, 11) is 0. The van der Waals surface area contributed by atoms with Gasteiger partial charge in [0.25, 0.3) is 0 Å². The van der Waals surface area contributed by atoms with Crippen LogP contribution >= 0.6 is 24.0 Å². The van der Waals surface area contributed by atoms with E-state index in [0.29, 0.717) is 31.7 Å². The SMILES string of the molecule is Cl.OC1CNCC1CNCc1ccc(Cl)c(C(F)(F)F)c1. The summed E-state index contributed by atoms with van der Waals surface area (Å²) in [6.45, 7) is 2.13. The van der Waals surface area contributed by atoms with Gasteiger partial charge in [0.05, 0.1) is 16.7 Å². The van der Waals surface area contributed by atoms with Crippen LogP contribution in [-0.4, -0.2) is 30.8 Å². The lowest BCUT2D eigenvalue weighted by molar-refractivity contribution is -0.137. The van der Waals surface area contributed by atoms with Crippen molar-refractivity contribution in [3.8, 4) is 0 Å². The van der Waals surface area contributed by atoms with E-state index < -0.39 is 17.8 Å². The van der Waals surface area contributed by atoms with Crippen molar-refractivity contribution < 1.29 is 18.3 Å². The largest absolute Gasteiger partial charge is 0.417 e. The van der Waals surface area contributed by atoms with E-state index in [1.807, 2.05) is 0 Å². The Morgan fingerprint density at radius 1 is 1.33 bits per heavy atom. The number of rotatable bonds is 4. The van der Waals surface area contributed by atoms with Gasteiger partial charge in [0.2, 0.25) is 0 Å². The van der Waals surface area contributed by atoms with Crippen LogP contribution in [-0.2, 0) is 12.7 Å². The van der Waals surface area contributed by atoms with Crippen LogP contribution in [0.4, 0.5) is 13.2 Å². The van der Waals surface area contributed by atoms with Gasteiger partial charge in [0.1, 0.15) is 0 Å². The van der Waals surface area contributed by atoms with E-state index in [2.05, 4.69) is 10.6 Å². The van der Waals surface area contributed by atoms with Crippen LogP contribution in [0.5, 0.6) is 0 Å². The number of hydrogen-bond acceptors (Lipinski definition) is 3. The number of hydrogen-bond donors (Lipinski definition) is 3. The maximum absolute atomic E-state index is 12.7. The lowest BCUT2D eigenvalue weighted by Crippen LogP contribution is -2.30. The number of β-amino-alcohol motifs (C(OH)–C–C–N with tert-alkyl or cyclic N) is 1. The smallest absolute Gasteiger partial charge is 0.391 e. The molecule has 1 aromatic carbocycles. The van der Waals surface area contributed by atoms with Crippen LogP contribution in [0.3, 0.4) is 0 Å². The molecule has 3 nitrogen and oxygen atoms in total. The minimum absolute atomic E-state index is 0. The minimum Gasteiger partial charge on any atom is -0.391 e. The molecular weight excluding hydrogens is 328 g/mol. The molecule has 21 heavy (non-hydrogen) atoms. The molecular formula is C13H17Cl2F3N2O. The number of aliphatic hydroxyl groups excluding tert-OH is 1. The number of halogens is 5. The molecule has 0 saturated carbocycles. The molecule has 2 rings (SSSR count). The lowest BCUT2D eigenvalue weighted by atomic mass is 10.1. The van der Waals surface area contributed by atoms with Crippen LogP contribution in [0.15, 0.2) is 18.2 Å². The van der Waals surface area contributed by atoms with Crippen molar-refractivity contribution in [1.29, 1.82) is 0 Å². The molecule has 120 valence electrons.